The molecule has 4 rings (SSSR count). The van der Waals surface area contributed by atoms with Crippen molar-refractivity contribution in [3.05, 3.63) is 82.4 Å². The fourth-order valence-electron chi connectivity index (χ4n) is 3.81. The van der Waals surface area contributed by atoms with Crippen molar-refractivity contribution in [1.29, 1.82) is 0 Å². The van der Waals surface area contributed by atoms with Gasteiger partial charge in [0.05, 0.1) is 13.5 Å². The predicted octanol–water partition coefficient (Wildman–Crippen LogP) is 4.20. The molecule has 0 saturated carbocycles. The number of Topliss-reactive ketones (excluding diaryl/α,β-unsaturated/α-hetero) is 1. The monoisotopic (exact) mass is 431 g/mol. The summed E-state index contributed by atoms with van der Waals surface area (Å²) in [7, 11) is 1.34. The number of rotatable bonds is 7. The van der Waals surface area contributed by atoms with Crippen LogP contribution in [0.15, 0.2) is 54.6 Å². The quantitative estimate of drug-likeness (QED) is 0.446. The number of para-hydroxylation sites is 1. The molecule has 3 aromatic rings. The number of methoxy groups -OCH3 is 1. The molecule has 164 valence electrons. The Kier molecular flexibility index (Phi) is 6.23. The van der Waals surface area contributed by atoms with Gasteiger partial charge in [0.2, 0.25) is 0 Å². The highest BCUT2D eigenvalue weighted by molar-refractivity contribution is 5.94. The first-order chi connectivity index (χ1) is 15.5. The summed E-state index contributed by atoms with van der Waals surface area (Å²) in [5.41, 5.74) is 12.2. The lowest BCUT2D eigenvalue weighted by Gasteiger charge is -2.23. The topological polar surface area (TPSA) is 87.9 Å². The summed E-state index contributed by atoms with van der Waals surface area (Å²) in [6.07, 6.45) is 0.0702. The maximum absolute atomic E-state index is 11.8. The smallest absolute Gasteiger partial charge is 0.310 e. The lowest BCUT2D eigenvalue weighted by molar-refractivity contribution is -0.139. The fourth-order valence-corrected chi connectivity index (χ4v) is 3.81. The number of carbonyl (C=O) groups excluding carboxylic acids is 2. The van der Waals surface area contributed by atoms with Crippen molar-refractivity contribution < 1.29 is 23.8 Å². The summed E-state index contributed by atoms with van der Waals surface area (Å²) in [6, 6.07) is 17.2. The maximum atomic E-state index is 11.8. The molecule has 0 aromatic heterocycles. The van der Waals surface area contributed by atoms with E-state index < -0.39 is 0 Å². The second-order valence-corrected chi connectivity index (χ2v) is 7.70. The van der Waals surface area contributed by atoms with Crippen LogP contribution in [0.2, 0.25) is 0 Å². The van der Waals surface area contributed by atoms with Gasteiger partial charge in [0.25, 0.3) is 0 Å². The van der Waals surface area contributed by atoms with Crippen molar-refractivity contribution in [3.8, 4) is 22.6 Å². The van der Waals surface area contributed by atoms with Crippen molar-refractivity contribution in [2.75, 3.05) is 7.11 Å². The number of esters is 1. The molecule has 1 heterocycles. The number of hydrogen-bond donors (Lipinski definition) is 1. The first-order valence-corrected chi connectivity index (χ1v) is 10.4. The molecule has 0 atom stereocenters. The van der Waals surface area contributed by atoms with Gasteiger partial charge in [-0.15, -0.1) is 0 Å². The van der Waals surface area contributed by atoms with Crippen LogP contribution in [0.5, 0.6) is 11.5 Å². The van der Waals surface area contributed by atoms with E-state index in [1.165, 1.54) is 14.0 Å². The van der Waals surface area contributed by atoms with E-state index in [4.69, 9.17) is 19.9 Å². The molecule has 0 bridgehead atoms. The molecule has 0 unspecified atom stereocenters. The van der Waals surface area contributed by atoms with Crippen molar-refractivity contribution >= 4 is 11.8 Å². The van der Waals surface area contributed by atoms with Gasteiger partial charge in [0, 0.05) is 28.8 Å². The second kappa shape index (κ2) is 9.24. The van der Waals surface area contributed by atoms with Crippen LogP contribution in [0.3, 0.4) is 0 Å². The molecule has 32 heavy (non-hydrogen) atoms. The standard InChI is InChI=1S/C26H25NO5/c1-16(28)18-8-9-19(12-25(29)30-2)24(11-18)31-14-17-6-7-21-15-32-26-20(13-27)4-3-5-22(26)23(21)10-17/h3-11H,12-15,27H2,1-2H3. The molecule has 2 N–H and O–H groups in total. The molecule has 0 aliphatic carbocycles. The molecular formula is C26H25NO5. The van der Waals surface area contributed by atoms with E-state index in [1.807, 2.05) is 30.3 Å². The molecule has 6 nitrogen and oxygen atoms in total. The van der Waals surface area contributed by atoms with Crippen LogP contribution in [0.25, 0.3) is 11.1 Å². The summed E-state index contributed by atoms with van der Waals surface area (Å²) >= 11 is 0. The van der Waals surface area contributed by atoms with E-state index in [9.17, 15) is 9.59 Å². The summed E-state index contributed by atoms with van der Waals surface area (Å²) < 4.78 is 16.8. The Morgan fingerprint density at radius 3 is 2.62 bits per heavy atom. The number of nitrogens with two attached hydrogens (primary N) is 1. The largest absolute Gasteiger partial charge is 0.489 e. The van der Waals surface area contributed by atoms with Crippen LogP contribution < -0.4 is 15.2 Å². The highest BCUT2D eigenvalue weighted by Crippen LogP contribution is 2.40. The molecule has 0 radical (unpaired) electrons. The van der Waals surface area contributed by atoms with Gasteiger partial charge in [-0.2, -0.15) is 0 Å². The molecule has 3 aromatic carbocycles. The zero-order valence-corrected chi connectivity index (χ0v) is 18.1. The van der Waals surface area contributed by atoms with E-state index in [2.05, 4.69) is 6.07 Å². The minimum atomic E-state index is -0.369. The zero-order chi connectivity index (χ0) is 22.7. The van der Waals surface area contributed by atoms with Gasteiger partial charge in [0.15, 0.2) is 5.78 Å². The van der Waals surface area contributed by atoms with Crippen LogP contribution in [0, 0.1) is 0 Å². The number of benzene rings is 3. The third-order valence-electron chi connectivity index (χ3n) is 5.58. The fraction of sp³-hybridized carbons (Fsp3) is 0.231. The predicted molar refractivity (Wildman–Crippen MR) is 121 cm³/mol. The maximum Gasteiger partial charge on any atom is 0.310 e. The van der Waals surface area contributed by atoms with E-state index in [0.29, 0.717) is 30.0 Å². The summed E-state index contributed by atoms with van der Waals surface area (Å²) in [5, 5.41) is 0. The van der Waals surface area contributed by atoms with Gasteiger partial charge in [-0.1, -0.05) is 42.5 Å². The number of fused-ring (bicyclic) bond motifs is 3. The number of carbonyl (C=O) groups is 2. The number of hydrogen-bond acceptors (Lipinski definition) is 6. The van der Waals surface area contributed by atoms with Crippen LogP contribution in [0.4, 0.5) is 0 Å². The lowest BCUT2D eigenvalue weighted by atomic mass is 9.93. The molecular weight excluding hydrogens is 406 g/mol. The lowest BCUT2D eigenvalue weighted by Crippen LogP contribution is -2.10. The Morgan fingerprint density at radius 2 is 1.88 bits per heavy atom. The first-order valence-electron chi connectivity index (χ1n) is 10.4. The van der Waals surface area contributed by atoms with Gasteiger partial charge in [-0.25, -0.2) is 0 Å². The Labute approximate surface area is 186 Å². The minimum Gasteiger partial charge on any atom is -0.489 e. The Hall–Kier alpha value is -3.64. The zero-order valence-electron chi connectivity index (χ0n) is 18.1. The van der Waals surface area contributed by atoms with E-state index >= 15 is 0 Å². The number of ether oxygens (including phenoxy) is 3. The summed E-state index contributed by atoms with van der Waals surface area (Å²) in [4.78, 5) is 23.6. The molecule has 0 amide bonds. The molecule has 0 saturated heterocycles. The van der Waals surface area contributed by atoms with Crippen molar-refractivity contribution in [2.45, 2.75) is 33.1 Å². The molecule has 6 heteroatoms. The van der Waals surface area contributed by atoms with Crippen LogP contribution in [0.1, 0.15) is 39.5 Å². The third kappa shape index (κ3) is 4.36. The van der Waals surface area contributed by atoms with Crippen molar-refractivity contribution in [2.24, 2.45) is 5.73 Å². The average molecular weight is 431 g/mol. The van der Waals surface area contributed by atoms with Crippen LogP contribution in [-0.2, 0) is 35.7 Å². The molecule has 1 aliphatic rings. The second-order valence-electron chi connectivity index (χ2n) is 7.70. The van der Waals surface area contributed by atoms with E-state index in [0.717, 1.165) is 33.6 Å². The van der Waals surface area contributed by atoms with E-state index in [-0.39, 0.29) is 24.8 Å². The molecule has 0 fully saturated rings. The van der Waals surface area contributed by atoms with Crippen LogP contribution in [-0.4, -0.2) is 18.9 Å². The van der Waals surface area contributed by atoms with Gasteiger partial charge < -0.3 is 19.9 Å². The summed E-state index contributed by atoms with van der Waals surface area (Å²) in [6.45, 7) is 2.69. The highest BCUT2D eigenvalue weighted by Gasteiger charge is 2.20. The van der Waals surface area contributed by atoms with Crippen molar-refractivity contribution in [3.63, 3.8) is 0 Å². The van der Waals surface area contributed by atoms with E-state index in [1.54, 1.807) is 18.2 Å². The highest BCUT2D eigenvalue weighted by atomic mass is 16.5. The van der Waals surface area contributed by atoms with Gasteiger partial charge in [-0.3, -0.25) is 9.59 Å². The molecule has 0 spiro atoms. The third-order valence-corrected chi connectivity index (χ3v) is 5.58. The Balaban J connectivity index is 1.62. The van der Waals surface area contributed by atoms with Gasteiger partial charge in [0.1, 0.15) is 24.7 Å². The Morgan fingerprint density at radius 1 is 1.03 bits per heavy atom. The van der Waals surface area contributed by atoms with Gasteiger partial charge in [-0.05, 0) is 35.7 Å². The van der Waals surface area contributed by atoms with Gasteiger partial charge >= 0.3 is 5.97 Å². The first kappa shape index (κ1) is 21.6. The average Bonchev–Trinajstić information content (AvgIpc) is 2.82. The molecule has 1 aliphatic heterocycles. The number of ketones is 1. The minimum absolute atomic E-state index is 0.0689. The SMILES string of the molecule is COC(=O)Cc1ccc(C(C)=O)cc1OCc1ccc2c(c1)-c1cccc(CN)c1OC2. The Bertz CT molecular complexity index is 1180. The normalized spacial score (nSPS) is 11.7. The van der Waals surface area contributed by atoms with Crippen molar-refractivity contribution in [1.82, 2.24) is 0 Å². The van der Waals surface area contributed by atoms with Crippen LogP contribution >= 0.6 is 0 Å². The summed E-state index contributed by atoms with van der Waals surface area (Å²) in [5.74, 6) is 0.886.